The van der Waals surface area contributed by atoms with Crippen molar-refractivity contribution in [3.8, 4) is 11.5 Å². The Morgan fingerprint density at radius 3 is 3.16 bits per heavy atom. The second kappa shape index (κ2) is 5.45. The molecule has 0 spiro atoms. The third-order valence-electron chi connectivity index (χ3n) is 2.48. The zero-order chi connectivity index (χ0) is 13.8. The fourth-order valence-electron chi connectivity index (χ4n) is 1.67. The van der Waals surface area contributed by atoms with Gasteiger partial charge < -0.3 is 14.2 Å². The Morgan fingerprint density at radius 1 is 1.68 bits per heavy atom. The van der Waals surface area contributed by atoms with Crippen molar-refractivity contribution in [2.45, 2.75) is 6.10 Å². The molecule has 0 aliphatic carbocycles. The van der Waals surface area contributed by atoms with Crippen molar-refractivity contribution in [3.05, 3.63) is 34.0 Å². The van der Waals surface area contributed by atoms with Crippen LogP contribution >= 0.6 is 0 Å². The van der Waals surface area contributed by atoms with Crippen molar-refractivity contribution in [2.24, 2.45) is 5.11 Å². The summed E-state index contributed by atoms with van der Waals surface area (Å²) in [5.41, 5.74) is 8.18. The molecule has 8 heteroatoms. The number of fused-ring (bicyclic) bond motifs is 1. The van der Waals surface area contributed by atoms with Gasteiger partial charge in [-0.05, 0) is 11.6 Å². The molecule has 0 aromatic heterocycles. The van der Waals surface area contributed by atoms with Crippen molar-refractivity contribution < 1.29 is 23.4 Å². The lowest BCUT2D eigenvalue weighted by molar-refractivity contribution is 0.0574. The van der Waals surface area contributed by atoms with Crippen LogP contribution < -0.4 is 9.47 Å². The molecule has 1 aromatic carbocycles. The molecule has 0 saturated heterocycles. The van der Waals surface area contributed by atoms with Crippen LogP contribution in [0, 0.1) is 5.82 Å². The molecule has 7 nitrogen and oxygen atoms in total. The van der Waals surface area contributed by atoms with Gasteiger partial charge in [-0.2, -0.15) is 0 Å². The third-order valence-corrected chi connectivity index (χ3v) is 2.48. The average molecular weight is 267 g/mol. The molecule has 19 heavy (non-hydrogen) atoms. The smallest absolute Gasteiger partial charge is 0.341 e. The van der Waals surface area contributed by atoms with E-state index in [2.05, 4.69) is 14.8 Å². The number of rotatable bonds is 3. The summed E-state index contributed by atoms with van der Waals surface area (Å²) in [5, 5.41) is 3.35. The number of hydrogen-bond donors (Lipinski definition) is 0. The van der Waals surface area contributed by atoms with Crippen LogP contribution in [0.1, 0.15) is 10.4 Å². The van der Waals surface area contributed by atoms with Gasteiger partial charge in [0.1, 0.15) is 24.1 Å². The number of nitrogens with zero attached hydrogens (tertiary/aromatic N) is 3. The van der Waals surface area contributed by atoms with E-state index in [0.29, 0.717) is 0 Å². The lowest BCUT2D eigenvalue weighted by Gasteiger charge is -2.26. The topological polar surface area (TPSA) is 93.5 Å². The molecule has 100 valence electrons. The average Bonchev–Trinajstić information content (AvgIpc) is 2.42. The third kappa shape index (κ3) is 2.69. The Morgan fingerprint density at radius 2 is 2.47 bits per heavy atom. The van der Waals surface area contributed by atoms with Crippen LogP contribution in [0.2, 0.25) is 0 Å². The summed E-state index contributed by atoms with van der Waals surface area (Å²) in [6.07, 6.45) is -0.518. The fraction of sp³-hybridized carbons (Fsp3) is 0.364. The SMILES string of the molecule is COC(=O)c1cc(F)cc2c1OCC(CN=[N+]=[N-])O2. The van der Waals surface area contributed by atoms with Crippen LogP contribution in [0.25, 0.3) is 10.4 Å². The maximum Gasteiger partial charge on any atom is 0.341 e. The van der Waals surface area contributed by atoms with Crippen LogP contribution in [0.5, 0.6) is 11.5 Å². The summed E-state index contributed by atoms with van der Waals surface area (Å²) in [7, 11) is 1.19. The maximum absolute atomic E-state index is 13.4. The van der Waals surface area contributed by atoms with E-state index in [4.69, 9.17) is 15.0 Å². The lowest BCUT2D eigenvalue weighted by Crippen LogP contribution is -2.32. The van der Waals surface area contributed by atoms with Crippen molar-refractivity contribution in [2.75, 3.05) is 20.3 Å². The Bertz CT molecular complexity index is 557. The Balaban J connectivity index is 2.32. The molecule has 2 rings (SSSR count). The number of halogens is 1. The van der Waals surface area contributed by atoms with E-state index in [0.717, 1.165) is 12.1 Å². The van der Waals surface area contributed by atoms with Gasteiger partial charge in [0.05, 0.1) is 13.7 Å². The number of ether oxygens (including phenoxy) is 3. The molecule has 1 aromatic rings. The summed E-state index contributed by atoms with van der Waals surface area (Å²) >= 11 is 0. The number of esters is 1. The fourth-order valence-corrected chi connectivity index (χ4v) is 1.67. The summed E-state index contributed by atoms with van der Waals surface area (Å²) < 4.78 is 28.7. The first-order chi connectivity index (χ1) is 9.15. The number of hydrogen-bond acceptors (Lipinski definition) is 5. The molecular formula is C11H10FN3O4. The largest absolute Gasteiger partial charge is 0.485 e. The lowest BCUT2D eigenvalue weighted by atomic mass is 10.1. The quantitative estimate of drug-likeness (QED) is 0.362. The predicted octanol–water partition coefficient (Wildman–Crippen LogP) is 2.06. The highest BCUT2D eigenvalue weighted by atomic mass is 19.1. The van der Waals surface area contributed by atoms with Crippen molar-refractivity contribution >= 4 is 5.97 Å². The first-order valence-electron chi connectivity index (χ1n) is 5.38. The number of methoxy groups -OCH3 is 1. The van der Waals surface area contributed by atoms with E-state index in [1.807, 2.05) is 0 Å². The van der Waals surface area contributed by atoms with Crippen molar-refractivity contribution in [1.29, 1.82) is 0 Å². The number of benzene rings is 1. The van der Waals surface area contributed by atoms with E-state index in [1.54, 1.807) is 0 Å². The van der Waals surface area contributed by atoms with Gasteiger partial charge in [0.15, 0.2) is 11.5 Å². The van der Waals surface area contributed by atoms with E-state index < -0.39 is 17.9 Å². The Kier molecular flexibility index (Phi) is 3.72. The first-order valence-corrected chi connectivity index (χ1v) is 5.38. The summed E-state index contributed by atoms with van der Waals surface area (Å²) in [6.45, 7) is 0.154. The van der Waals surface area contributed by atoms with Gasteiger partial charge >= 0.3 is 5.97 Å². The summed E-state index contributed by atoms with van der Waals surface area (Å²) in [6, 6.07) is 2.12. The summed E-state index contributed by atoms with van der Waals surface area (Å²) in [4.78, 5) is 14.1. The van der Waals surface area contributed by atoms with Crippen molar-refractivity contribution in [1.82, 2.24) is 0 Å². The van der Waals surface area contributed by atoms with Gasteiger partial charge in [0.25, 0.3) is 0 Å². The van der Waals surface area contributed by atoms with Gasteiger partial charge in [-0.1, -0.05) is 5.11 Å². The van der Waals surface area contributed by atoms with Crippen LogP contribution in [0.3, 0.4) is 0 Å². The van der Waals surface area contributed by atoms with Crippen LogP contribution in [0.15, 0.2) is 17.2 Å². The number of carbonyl (C=O) groups excluding carboxylic acids is 1. The second-order valence-corrected chi connectivity index (χ2v) is 3.74. The highest BCUT2D eigenvalue weighted by Crippen LogP contribution is 2.36. The molecule has 0 bridgehead atoms. The maximum atomic E-state index is 13.4. The molecule has 1 atom stereocenters. The van der Waals surface area contributed by atoms with Gasteiger partial charge in [0, 0.05) is 11.0 Å². The predicted molar refractivity (Wildman–Crippen MR) is 61.7 cm³/mol. The molecular weight excluding hydrogens is 257 g/mol. The van der Waals surface area contributed by atoms with E-state index in [-0.39, 0.29) is 30.2 Å². The normalized spacial score (nSPS) is 16.4. The molecule has 0 saturated carbocycles. The van der Waals surface area contributed by atoms with E-state index in [1.165, 1.54) is 7.11 Å². The van der Waals surface area contributed by atoms with E-state index in [9.17, 15) is 9.18 Å². The molecule has 1 aliphatic rings. The van der Waals surface area contributed by atoms with Crippen LogP contribution in [-0.2, 0) is 4.74 Å². The highest BCUT2D eigenvalue weighted by molar-refractivity contribution is 5.93. The minimum Gasteiger partial charge on any atom is -0.485 e. The van der Waals surface area contributed by atoms with Gasteiger partial charge in [0.2, 0.25) is 0 Å². The number of azide groups is 1. The van der Waals surface area contributed by atoms with Crippen molar-refractivity contribution in [3.63, 3.8) is 0 Å². The molecule has 0 N–H and O–H groups in total. The summed E-state index contributed by atoms with van der Waals surface area (Å²) in [5.74, 6) is -1.14. The number of carbonyl (C=O) groups is 1. The minimum absolute atomic E-state index is 0.0419. The minimum atomic E-state index is -0.715. The second-order valence-electron chi connectivity index (χ2n) is 3.74. The molecule has 1 unspecified atom stereocenters. The van der Waals surface area contributed by atoms with Gasteiger partial charge in [-0.25, -0.2) is 9.18 Å². The standard InChI is InChI=1S/C11H10FN3O4/c1-17-11(16)8-2-6(12)3-9-10(8)18-5-7(19-9)4-14-15-13/h2-3,7H,4-5H2,1H3. The molecule has 0 radical (unpaired) electrons. The van der Waals surface area contributed by atoms with Crippen LogP contribution in [-0.4, -0.2) is 32.3 Å². The Hall–Kier alpha value is -2.47. The zero-order valence-electron chi connectivity index (χ0n) is 10.00. The first kappa shape index (κ1) is 13.0. The van der Waals surface area contributed by atoms with Gasteiger partial charge in [-0.3, -0.25) is 0 Å². The van der Waals surface area contributed by atoms with Crippen LogP contribution in [0.4, 0.5) is 4.39 Å². The van der Waals surface area contributed by atoms with Gasteiger partial charge in [-0.15, -0.1) is 0 Å². The zero-order valence-corrected chi connectivity index (χ0v) is 10.00. The van der Waals surface area contributed by atoms with E-state index >= 15 is 0 Å². The molecule has 0 fully saturated rings. The molecule has 1 aliphatic heterocycles. The molecule has 0 amide bonds. The highest BCUT2D eigenvalue weighted by Gasteiger charge is 2.27. The molecule has 1 heterocycles. The Labute approximate surface area is 107 Å². The monoisotopic (exact) mass is 267 g/mol.